The second kappa shape index (κ2) is 6.26. The van der Waals surface area contributed by atoms with Gasteiger partial charge in [0.05, 0.1) is 25.6 Å². The van der Waals surface area contributed by atoms with Gasteiger partial charge in [-0.25, -0.2) is 4.99 Å². The van der Waals surface area contributed by atoms with Crippen LogP contribution in [0.5, 0.6) is 5.75 Å². The number of aromatic nitrogens is 2. The van der Waals surface area contributed by atoms with Crippen molar-refractivity contribution in [1.82, 2.24) is 9.97 Å². The summed E-state index contributed by atoms with van der Waals surface area (Å²) in [4.78, 5) is 11.5. The Morgan fingerprint density at radius 1 is 1.00 bits per heavy atom. The molecule has 132 valence electrons. The van der Waals surface area contributed by atoms with E-state index in [2.05, 4.69) is 29.0 Å². The third kappa shape index (κ3) is 2.81. The summed E-state index contributed by atoms with van der Waals surface area (Å²) in [7, 11) is 3.34. The maximum Gasteiger partial charge on any atom is 0.146 e. The van der Waals surface area contributed by atoms with E-state index in [1.165, 1.54) is 5.56 Å². The first kappa shape index (κ1) is 16.3. The van der Waals surface area contributed by atoms with Crippen LogP contribution in [0.3, 0.4) is 0 Å². The molecule has 1 aliphatic heterocycles. The van der Waals surface area contributed by atoms with Gasteiger partial charge in [-0.1, -0.05) is 0 Å². The minimum absolute atomic E-state index is 0.753. The fourth-order valence-corrected chi connectivity index (χ4v) is 3.23. The minimum atomic E-state index is 0.753. The van der Waals surface area contributed by atoms with E-state index < -0.39 is 0 Å². The van der Waals surface area contributed by atoms with Crippen molar-refractivity contribution in [3.63, 3.8) is 0 Å². The Morgan fingerprint density at radius 3 is 2.54 bits per heavy atom. The first-order chi connectivity index (χ1) is 12.6. The first-order valence-electron chi connectivity index (χ1n) is 8.47. The lowest BCUT2D eigenvalue weighted by Gasteiger charge is -2.01. The highest BCUT2D eigenvalue weighted by atomic mass is 16.5. The van der Waals surface area contributed by atoms with Crippen molar-refractivity contribution in [2.45, 2.75) is 13.8 Å². The summed E-state index contributed by atoms with van der Waals surface area (Å²) in [6, 6.07) is 10.2. The minimum Gasteiger partial charge on any atom is -0.497 e. The number of benzene rings is 1. The van der Waals surface area contributed by atoms with Gasteiger partial charge in [0.2, 0.25) is 0 Å². The number of allylic oxidation sites excluding steroid dienone is 1. The highest BCUT2D eigenvalue weighted by Gasteiger charge is 2.18. The highest BCUT2D eigenvalue weighted by Crippen LogP contribution is 2.28. The van der Waals surface area contributed by atoms with Crippen LogP contribution in [0.4, 0.5) is 0 Å². The summed E-state index contributed by atoms with van der Waals surface area (Å²) >= 11 is 0. The smallest absolute Gasteiger partial charge is 0.146 e. The number of fused-ring (bicyclic) bond motifs is 1. The molecule has 0 atom stereocenters. The fraction of sp³-hybridized carbons (Fsp3) is 0.190. The second-order valence-corrected chi connectivity index (χ2v) is 6.42. The molecule has 0 radical (unpaired) electrons. The Kier molecular flexibility index (Phi) is 3.92. The molecule has 2 N–H and O–H groups in total. The molecule has 26 heavy (non-hydrogen) atoms. The molecule has 3 aromatic rings. The summed E-state index contributed by atoms with van der Waals surface area (Å²) in [6.07, 6.45) is 3.98. The predicted molar refractivity (Wildman–Crippen MR) is 105 cm³/mol. The number of aliphatic imine (C=N–C) groups is 1. The Bertz CT molecular complexity index is 1080. The van der Waals surface area contributed by atoms with E-state index in [0.717, 1.165) is 50.9 Å². The molecule has 5 heteroatoms. The number of rotatable bonds is 4. The number of nitrogens with zero attached hydrogens (tertiary/aromatic N) is 1. The maximum absolute atomic E-state index is 5.54. The van der Waals surface area contributed by atoms with Crippen LogP contribution in [-0.4, -0.2) is 29.9 Å². The number of ether oxygens (including phenoxy) is 2. The third-order valence-corrected chi connectivity index (χ3v) is 4.56. The normalized spacial score (nSPS) is 15.5. The molecule has 0 fully saturated rings. The van der Waals surface area contributed by atoms with Crippen molar-refractivity contribution in [2.24, 2.45) is 4.99 Å². The number of aryl methyl sites for hydroxylation is 2. The molecule has 0 saturated heterocycles. The zero-order chi connectivity index (χ0) is 18.3. The van der Waals surface area contributed by atoms with Gasteiger partial charge in [-0.05, 0) is 55.8 Å². The molecule has 1 aromatic carbocycles. The summed E-state index contributed by atoms with van der Waals surface area (Å²) in [5.41, 5.74) is 7.02. The summed E-state index contributed by atoms with van der Waals surface area (Å²) < 4.78 is 10.8. The highest BCUT2D eigenvalue weighted by molar-refractivity contribution is 6.13. The van der Waals surface area contributed by atoms with Crippen molar-refractivity contribution >= 4 is 22.7 Å². The van der Waals surface area contributed by atoms with Gasteiger partial charge in [-0.3, -0.25) is 0 Å². The van der Waals surface area contributed by atoms with Gasteiger partial charge in [0.15, 0.2) is 0 Å². The van der Waals surface area contributed by atoms with Crippen LogP contribution in [0.1, 0.15) is 22.6 Å². The molecule has 0 bridgehead atoms. The maximum atomic E-state index is 5.54. The molecular weight excluding hydrogens is 326 g/mol. The Labute approximate surface area is 152 Å². The van der Waals surface area contributed by atoms with Crippen LogP contribution in [0, 0.1) is 13.8 Å². The van der Waals surface area contributed by atoms with E-state index in [1.807, 2.05) is 37.3 Å². The molecule has 1 aliphatic rings. The number of H-pyrrole nitrogens is 2. The lowest BCUT2D eigenvalue weighted by molar-refractivity contribution is 0.303. The largest absolute Gasteiger partial charge is 0.497 e. The van der Waals surface area contributed by atoms with E-state index in [1.54, 1.807) is 14.2 Å². The molecule has 5 nitrogen and oxygen atoms in total. The topological polar surface area (TPSA) is 62.4 Å². The van der Waals surface area contributed by atoms with Gasteiger partial charge in [-0.15, -0.1) is 0 Å². The van der Waals surface area contributed by atoms with Crippen molar-refractivity contribution in [3.05, 3.63) is 70.5 Å². The van der Waals surface area contributed by atoms with E-state index in [4.69, 9.17) is 14.5 Å². The molecule has 0 aliphatic carbocycles. The molecule has 0 saturated carbocycles. The average molecular weight is 347 g/mol. The van der Waals surface area contributed by atoms with Crippen LogP contribution in [0.25, 0.3) is 17.0 Å². The Balaban J connectivity index is 1.75. The summed E-state index contributed by atoms with van der Waals surface area (Å²) in [5.74, 6) is 1.59. The van der Waals surface area contributed by atoms with Crippen molar-refractivity contribution in [3.8, 4) is 5.75 Å². The van der Waals surface area contributed by atoms with Gasteiger partial charge in [0.25, 0.3) is 0 Å². The number of nitrogens with one attached hydrogen (secondary N) is 2. The molecule has 2 aromatic heterocycles. The summed E-state index contributed by atoms with van der Waals surface area (Å²) in [6.45, 7) is 4.13. The zero-order valence-corrected chi connectivity index (χ0v) is 15.3. The fourth-order valence-electron chi connectivity index (χ4n) is 3.23. The van der Waals surface area contributed by atoms with Crippen molar-refractivity contribution in [1.29, 1.82) is 0 Å². The molecule has 0 spiro atoms. The van der Waals surface area contributed by atoms with Gasteiger partial charge < -0.3 is 19.4 Å². The van der Waals surface area contributed by atoms with Crippen molar-refractivity contribution < 1.29 is 9.47 Å². The molecule has 3 heterocycles. The second-order valence-electron chi connectivity index (χ2n) is 6.42. The van der Waals surface area contributed by atoms with Crippen LogP contribution >= 0.6 is 0 Å². The Morgan fingerprint density at radius 2 is 1.85 bits per heavy atom. The molecule has 0 unspecified atom stereocenters. The van der Waals surface area contributed by atoms with E-state index in [-0.39, 0.29) is 0 Å². The standard InChI is InChI=1S/C21H21N3O2/c1-12-7-13(2)22-17(12)10-20-21(26-4)11-19(24-20)18-9-14-8-15(25-3)5-6-16(14)23-18/h5-11,22-23H,1-4H3. The Hall–Kier alpha value is -3.21. The molecule has 4 rings (SSSR count). The van der Waals surface area contributed by atoms with Gasteiger partial charge >= 0.3 is 0 Å². The van der Waals surface area contributed by atoms with Gasteiger partial charge in [0.1, 0.15) is 17.2 Å². The number of aromatic amines is 2. The van der Waals surface area contributed by atoms with E-state index in [9.17, 15) is 0 Å². The SMILES string of the molecule is COC1=CC(c2cc3cc(OC)ccc3[nH]2)=NC1=Cc1[nH]c(C)cc1C. The quantitative estimate of drug-likeness (QED) is 0.730. The third-order valence-electron chi connectivity index (χ3n) is 4.56. The van der Waals surface area contributed by atoms with Crippen LogP contribution in [-0.2, 0) is 4.74 Å². The van der Waals surface area contributed by atoms with Crippen LogP contribution in [0.2, 0.25) is 0 Å². The predicted octanol–water partition coefficient (Wildman–Crippen LogP) is 4.50. The van der Waals surface area contributed by atoms with Crippen LogP contribution in [0.15, 0.2) is 52.9 Å². The van der Waals surface area contributed by atoms with Gasteiger partial charge in [-0.2, -0.15) is 0 Å². The van der Waals surface area contributed by atoms with Crippen molar-refractivity contribution in [2.75, 3.05) is 14.2 Å². The lowest BCUT2D eigenvalue weighted by Crippen LogP contribution is -1.93. The number of hydrogen-bond acceptors (Lipinski definition) is 3. The number of methoxy groups -OCH3 is 2. The monoisotopic (exact) mass is 347 g/mol. The molecular formula is C21H21N3O2. The first-order valence-corrected chi connectivity index (χ1v) is 8.47. The average Bonchev–Trinajstić information content (AvgIpc) is 3.31. The lowest BCUT2D eigenvalue weighted by atomic mass is 10.2. The van der Waals surface area contributed by atoms with Crippen LogP contribution < -0.4 is 4.74 Å². The van der Waals surface area contributed by atoms with Gasteiger partial charge in [0, 0.05) is 28.4 Å². The zero-order valence-electron chi connectivity index (χ0n) is 15.3. The molecule has 0 amide bonds. The summed E-state index contributed by atoms with van der Waals surface area (Å²) in [5, 5.41) is 1.09. The van der Waals surface area contributed by atoms with E-state index in [0.29, 0.717) is 0 Å². The van der Waals surface area contributed by atoms with E-state index >= 15 is 0 Å². The number of hydrogen-bond donors (Lipinski definition) is 2.